The highest BCUT2D eigenvalue weighted by Crippen LogP contribution is 2.27. The fourth-order valence-corrected chi connectivity index (χ4v) is 3.36. The Morgan fingerprint density at radius 3 is 2.67 bits per heavy atom. The molecule has 0 aromatic carbocycles. The predicted octanol–water partition coefficient (Wildman–Crippen LogP) is 3.61. The van der Waals surface area contributed by atoms with E-state index < -0.39 is 0 Å². The van der Waals surface area contributed by atoms with Crippen molar-refractivity contribution in [3.05, 3.63) is 12.4 Å². The molecule has 21 heavy (non-hydrogen) atoms. The van der Waals surface area contributed by atoms with Crippen molar-refractivity contribution in [3.8, 4) is 0 Å². The molecule has 1 heterocycles. The van der Waals surface area contributed by atoms with E-state index in [1.807, 2.05) is 6.20 Å². The Kier molecular flexibility index (Phi) is 6.55. The Balaban J connectivity index is 1.79. The van der Waals surface area contributed by atoms with Gasteiger partial charge in [-0.05, 0) is 38.8 Å². The molecule has 0 spiro atoms. The minimum atomic E-state index is 0.561. The molecule has 1 aromatic heterocycles. The molecule has 2 rings (SSSR count). The molecule has 1 atom stereocenters. The second kappa shape index (κ2) is 8.42. The van der Waals surface area contributed by atoms with Gasteiger partial charge in [0.05, 0.1) is 18.4 Å². The summed E-state index contributed by atoms with van der Waals surface area (Å²) in [6.07, 6.45) is 11.1. The van der Waals surface area contributed by atoms with Crippen molar-refractivity contribution in [3.63, 3.8) is 0 Å². The van der Waals surface area contributed by atoms with Crippen molar-refractivity contribution in [1.82, 2.24) is 14.7 Å². The van der Waals surface area contributed by atoms with Crippen LogP contribution >= 0.6 is 0 Å². The Bertz CT molecular complexity index is 391. The molecule has 120 valence electrons. The van der Waals surface area contributed by atoms with E-state index in [9.17, 15) is 0 Å². The summed E-state index contributed by atoms with van der Waals surface area (Å²) in [5.74, 6) is 0.831. The molecule has 0 aliphatic heterocycles. The fourth-order valence-electron chi connectivity index (χ4n) is 3.36. The van der Waals surface area contributed by atoms with Gasteiger partial charge in [-0.15, -0.1) is 0 Å². The Hall–Kier alpha value is -1.03. The van der Waals surface area contributed by atoms with Gasteiger partial charge >= 0.3 is 0 Å². The fraction of sp³-hybridized carbons (Fsp3) is 0.824. The van der Waals surface area contributed by atoms with Gasteiger partial charge in [0.25, 0.3) is 0 Å². The van der Waals surface area contributed by atoms with Crippen molar-refractivity contribution < 1.29 is 0 Å². The monoisotopic (exact) mass is 292 g/mol. The lowest BCUT2D eigenvalue weighted by atomic mass is 9.84. The summed E-state index contributed by atoms with van der Waals surface area (Å²) in [5.41, 5.74) is 1.17. The Morgan fingerprint density at radius 2 is 2.00 bits per heavy atom. The second-order valence-corrected chi connectivity index (χ2v) is 6.35. The molecular weight excluding hydrogens is 260 g/mol. The van der Waals surface area contributed by atoms with Gasteiger partial charge in [0.15, 0.2) is 0 Å². The van der Waals surface area contributed by atoms with Crippen LogP contribution < -0.4 is 5.32 Å². The first kappa shape index (κ1) is 16.3. The summed E-state index contributed by atoms with van der Waals surface area (Å²) in [6.45, 7) is 11.0. The lowest BCUT2D eigenvalue weighted by Gasteiger charge is -2.28. The van der Waals surface area contributed by atoms with Crippen LogP contribution in [0.2, 0.25) is 0 Å². The third-order valence-corrected chi connectivity index (χ3v) is 4.92. The summed E-state index contributed by atoms with van der Waals surface area (Å²) >= 11 is 0. The first-order chi connectivity index (χ1) is 10.2. The van der Waals surface area contributed by atoms with E-state index in [4.69, 9.17) is 0 Å². The lowest BCUT2D eigenvalue weighted by molar-refractivity contribution is 0.285. The summed E-state index contributed by atoms with van der Waals surface area (Å²) in [6, 6.07) is 0.561. The standard InChI is InChI=1S/C17H32N4/c1-4-20(5-2)11-12-21-14-17(13-18-21)19-15(3)16-9-7-6-8-10-16/h13-16,19H,4-12H2,1-3H3. The van der Waals surface area contributed by atoms with E-state index in [2.05, 4.69) is 47.0 Å². The third-order valence-electron chi connectivity index (χ3n) is 4.92. The maximum atomic E-state index is 4.48. The SMILES string of the molecule is CCN(CC)CCn1cc(NC(C)C2CCCCC2)cn1. The highest BCUT2D eigenvalue weighted by Gasteiger charge is 2.20. The minimum Gasteiger partial charge on any atom is -0.380 e. The molecular formula is C17H32N4. The maximum absolute atomic E-state index is 4.48. The first-order valence-corrected chi connectivity index (χ1v) is 8.74. The van der Waals surface area contributed by atoms with E-state index in [-0.39, 0.29) is 0 Å². The van der Waals surface area contributed by atoms with Crippen LogP contribution in [0.1, 0.15) is 52.9 Å². The molecule has 1 aromatic rings. The zero-order chi connectivity index (χ0) is 15.1. The molecule has 0 amide bonds. The topological polar surface area (TPSA) is 33.1 Å². The van der Waals surface area contributed by atoms with Gasteiger partial charge in [0.2, 0.25) is 0 Å². The van der Waals surface area contributed by atoms with E-state index in [1.165, 1.54) is 37.8 Å². The number of aromatic nitrogens is 2. The number of anilines is 1. The van der Waals surface area contributed by atoms with Crippen LogP contribution in [-0.2, 0) is 6.54 Å². The molecule has 0 radical (unpaired) electrons. The molecule has 4 nitrogen and oxygen atoms in total. The molecule has 1 aliphatic carbocycles. The largest absolute Gasteiger partial charge is 0.380 e. The van der Waals surface area contributed by atoms with Crippen molar-refractivity contribution in [2.75, 3.05) is 25.0 Å². The molecule has 1 N–H and O–H groups in total. The summed E-state index contributed by atoms with van der Waals surface area (Å²) in [4.78, 5) is 2.43. The summed E-state index contributed by atoms with van der Waals surface area (Å²) < 4.78 is 2.06. The normalized spacial score (nSPS) is 18.1. The summed E-state index contributed by atoms with van der Waals surface area (Å²) in [5, 5.41) is 8.13. The van der Waals surface area contributed by atoms with Gasteiger partial charge in [-0.1, -0.05) is 33.1 Å². The second-order valence-electron chi connectivity index (χ2n) is 6.35. The van der Waals surface area contributed by atoms with Crippen LogP contribution in [0.25, 0.3) is 0 Å². The predicted molar refractivity (Wildman–Crippen MR) is 89.7 cm³/mol. The number of nitrogens with zero attached hydrogens (tertiary/aromatic N) is 3. The van der Waals surface area contributed by atoms with Crippen molar-refractivity contribution in [2.45, 2.75) is 65.5 Å². The van der Waals surface area contributed by atoms with Gasteiger partial charge in [0, 0.05) is 18.8 Å². The van der Waals surface area contributed by atoms with Gasteiger partial charge in [-0.2, -0.15) is 5.10 Å². The van der Waals surface area contributed by atoms with Crippen LogP contribution in [0.3, 0.4) is 0 Å². The third kappa shape index (κ3) is 5.03. The summed E-state index contributed by atoms with van der Waals surface area (Å²) in [7, 11) is 0. The molecule has 1 aliphatic rings. The van der Waals surface area contributed by atoms with Crippen molar-refractivity contribution in [1.29, 1.82) is 0 Å². The van der Waals surface area contributed by atoms with Gasteiger partial charge in [0.1, 0.15) is 0 Å². The molecule has 0 saturated heterocycles. The van der Waals surface area contributed by atoms with Crippen LogP contribution in [0.15, 0.2) is 12.4 Å². The number of rotatable bonds is 8. The maximum Gasteiger partial charge on any atom is 0.0728 e. The van der Waals surface area contributed by atoms with Crippen molar-refractivity contribution >= 4 is 5.69 Å². The molecule has 1 unspecified atom stereocenters. The van der Waals surface area contributed by atoms with Crippen molar-refractivity contribution in [2.24, 2.45) is 5.92 Å². The number of hydrogen-bond donors (Lipinski definition) is 1. The number of hydrogen-bond acceptors (Lipinski definition) is 3. The Morgan fingerprint density at radius 1 is 1.29 bits per heavy atom. The van der Waals surface area contributed by atoms with Gasteiger partial charge in [-0.3, -0.25) is 4.68 Å². The average Bonchev–Trinajstić information content (AvgIpc) is 2.96. The van der Waals surface area contributed by atoms with E-state index >= 15 is 0 Å². The van der Waals surface area contributed by atoms with Crippen LogP contribution in [0.4, 0.5) is 5.69 Å². The highest BCUT2D eigenvalue weighted by molar-refractivity contribution is 5.39. The average molecular weight is 292 g/mol. The minimum absolute atomic E-state index is 0.561. The molecule has 4 heteroatoms. The van der Waals surface area contributed by atoms with E-state index in [1.54, 1.807) is 0 Å². The molecule has 1 saturated carbocycles. The lowest BCUT2D eigenvalue weighted by Crippen LogP contribution is -2.27. The number of likely N-dealkylation sites (N-methyl/N-ethyl adjacent to an activating group) is 1. The molecule has 0 bridgehead atoms. The van der Waals surface area contributed by atoms with Gasteiger partial charge < -0.3 is 10.2 Å². The van der Waals surface area contributed by atoms with Crippen LogP contribution in [0.5, 0.6) is 0 Å². The zero-order valence-corrected chi connectivity index (χ0v) is 14.0. The van der Waals surface area contributed by atoms with Crippen LogP contribution in [-0.4, -0.2) is 40.4 Å². The number of nitrogens with one attached hydrogen (secondary N) is 1. The van der Waals surface area contributed by atoms with E-state index in [0.717, 1.165) is 32.1 Å². The highest BCUT2D eigenvalue weighted by atomic mass is 15.3. The zero-order valence-electron chi connectivity index (χ0n) is 14.0. The smallest absolute Gasteiger partial charge is 0.0728 e. The molecule has 1 fully saturated rings. The van der Waals surface area contributed by atoms with Gasteiger partial charge in [-0.25, -0.2) is 0 Å². The Labute approximate surface area is 129 Å². The van der Waals surface area contributed by atoms with Crippen LogP contribution in [0, 0.1) is 5.92 Å². The quantitative estimate of drug-likeness (QED) is 0.794. The van der Waals surface area contributed by atoms with E-state index in [0.29, 0.717) is 6.04 Å². The first-order valence-electron chi connectivity index (χ1n) is 8.74.